The lowest BCUT2D eigenvalue weighted by atomic mass is 9.96. The van der Waals surface area contributed by atoms with Crippen LogP contribution in [0.25, 0.3) is 10.7 Å². The molecule has 0 atom stereocenters. The first-order valence-corrected chi connectivity index (χ1v) is 12.3. The van der Waals surface area contributed by atoms with Crippen molar-refractivity contribution in [2.75, 3.05) is 24.5 Å². The molecule has 3 aromatic rings. The van der Waals surface area contributed by atoms with Gasteiger partial charge in [0.1, 0.15) is 0 Å². The molecule has 1 N–H and O–H groups in total. The van der Waals surface area contributed by atoms with E-state index < -0.39 is 0 Å². The van der Waals surface area contributed by atoms with Crippen LogP contribution in [0.4, 0.5) is 5.69 Å². The smallest absolute Gasteiger partial charge is 0.241 e. The quantitative estimate of drug-likeness (QED) is 0.575. The van der Waals surface area contributed by atoms with Gasteiger partial charge in [-0.15, -0.1) is 11.3 Å². The van der Waals surface area contributed by atoms with Crippen LogP contribution < -0.4 is 10.2 Å². The topological polar surface area (TPSA) is 91.6 Å². The first-order chi connectivity index (χ1) is 16.2. The molecule has 2 aliphatic rings. The van der Waals surface area contributed by atoms with Gasteiger partial charge in [0.2, 0.25) is 23.5 Å². The Hall–Kier alpha value is -3.04. The second-order valence-corrected chi connectivity index (χ2v) is 9.52. The monoisotopic (exact) mass is 465 g/mol. The molecule has 2 amide bonds. The van der Waals surface area contributed by atoms with Crippen LogP contribution in [-0.2, 0) is 22.7 Å². The number of aromatic nitrogens is 2. The van der Waals surface area contributed by atoms with Gasteiger partial charge in [0.15, 0.2) is 0 Å². The zero-order chi connectivity index (χ0) is 22.6. The van der Waals surface area contributed by atoms with Crippen molar-refractivity contribution in [1.29, 1.82) is 0 Å². The first kappa shape index (κ1) is 21.8. The molecule has 172 valence electrons. The molecule has 33 heavy (non-hydrogen) atoms. The van der Waals surface area contributed by atoms with E-state index in [9.17, 15) is 9.59 Å². The summed E-state index contributed by atoms with van der Waals surface area (Å²) in [5, 5.41) is 9.14. The predicted molar refractivity (Wildman–Crippen MR) is 125 cm³/mol. The third kappa shape index (κ3) is 5.15. The summed E-state index contributed by atoms with van der Waals surface area (Å²) in [6, 6.07) is 11.8. The Bertz CT molecular complexity index is 1110. The number of nitrogens with one attached hydrogen (secondary N) is 1. The van der Waals surface area contributed by atoms with E-state index in [1.54, 1.807) is 11.3 Å². The van der Waals surface area contributed by atoms with Crippen molar-refractivity contribution >= 4 is 28.8 Å². The molecule has 2 aromatic heterocycles. The van der Waals surface area contributed by atoms with E-state index in [2.05, 4.69) is 20.4 Å². The Balaban J connectivity index is 1.08. The van der Waals surface area contributed by atoms with E-state index in [0.717, 1.165) is 55.0 Å². The maximum Gasteiger partial charge on any atom is 0.241 e. The zero-order valence-electron chi connectivity index (χ0n) is 18.4. The molecule has 0 bridgehead atoms. The van der Waals surface area contributed by atoms with E-state index in [4.69, 9.17) is 4.52 Å². The van der Waals surface area contributed by atoms with Crippen molar-refractivity contribution < 1.29 is 14.1 Å². The molecule has 0 aliphatic carbocycles. The summed E-state index contributed by atoms with van der Waals surface area (Å²) in [7, 11) is 0. The van der Waals surface area contributed by atoms with Crippen molar-refractivity contribution in [3.63, 3.8) is 0 Å². The van der Waals surface area contributed by atoms with E-state index in [-0.39, 0.29) is 17.7 Å². The van der Waals surface area contributed by atoms with Crippen molar-refractivity contribution in [2.45, 2.75) is 38.8 Å². The molecular formula is C24H27N5O3S. The summed E-state index contributed by atoms with van der Waals surface area (Å²) < 4.78 is 5.41. The summed E-state index contributed by atoms with van der Waals surface area (Å²) in [6.45, 7) is 3.49. The van der Waals surface area contributed by atoms with Gasteiger partial charge in [-0.2, -0.15) is 4.98 Å². The molecule has 0 unspecified atom stereocenters. The van der Waals surface area contributed by atoms with E-state index in [0.29, 0.717) is 31.2 Å². The van der Waals surface area contributed by atoms with Crippen LogP contribution in [0.2, 0.25) is 0 Å². The van der Waals surface area contributed by atoms with E-state index >= 15 is 0 Å². The number of amides is 2. The van der Waals surface area contributed by atoms with Crippen LogP contribution in [0.15, 0.2) is 46.3 Å². The first-order valence-electron chi connectivity index (χ1n) is 11.4. The number of nitrogens with zero attached hydrogens (tertiary/aromatic N) is 4. The largest absolute Gasteiger partial charge is 0.352 e. The van der Waals surface area contributed by atoms with Crippen LogP contribution >= 0.6 is 11.3 Å². The normalized spacial score (nSPS) is 17.6. The fourth-order valence-electron chi connectivity index (χ4n) is 4.46. The Morgan fingerprint density at radius 3 is 2.82 bits per heavy atom. The Morgan fingerprint density at radius 1 is 1.18 bits per heavy atom. The molecule has 1 aromatic carbocycles. The average molecular weight is 466 g/mol. The minimum absolute atomic E-state index is 0.00829. The number of rotatable bonds is 7. The fraction of sp³-hybridized carbons (Fsp3) is 0.417. The summed E-state index contributed by atoms with van der Waals surface area (Å²) in [6.07, 6.45) is 3.13. The van der Waals surface area contributed by atoms with Crippen LogP contribution in [0.5, 0.6) is 0 Å². The fourth-order valence-corrected chi connectivity index (χ4v) is 5.11. The molecule has 2 aliphatic heterocycles. The molecule has 0 spiro atoms. The van der Waals surface area contributed by atoms with E-state index in [1.807, 2.05) is 46.7 Å². The number of thiophene rings is 1. The molecule has 0 saturated carbocycles. The highest BCUT2D eigenvalue weighted by Gasteiger charge is 2.26. The van der Waals surface area contributed by atoms with Gasteiger partial charge in [0.05, 0.1) is 11.4 Å². The minimum atomic E-state index is 0.00829. The van der Waals surface area contributed by atoms with Crippen LogP contribution in [0.3, 0.4) is 0 Å². The number of carbonyl (C=O) groups excluding carboxylic acids is 2. The number of hydrogen-bond acceptors (Lipinski definition) is 7. The lowest BCUT2D eigenvalue weighted by molar-refractivity contribution is -0.126. The Kier molecular flexibility index (Phi) is 6.50. The van der Waals surface area contributed by atoms with Gasteiger partial charge in [0, 0.05) is 31.1 Å². The summed E-state index contributed by atoms with van der Waals surface area (Å²) in [4.78, 5) is 34.3. The molecular weight excluding hydrogens is 438 g/mol. The molecule has 8 nitrogen and oxygen atoms in total. The Morgan fingerprint density at radius 2 is 2.06 bits per heavy atom. The highest BCUT2D eigenvalue weighted by Crippen LogP contribution is 2.24. The van der Waals surface area contributed by atoms with Crippen molar-refractivity contribution in [3.05, 3.63) is 53.2 Å². The van der Waals surface area contributed by atoms with Crippen molar-refractivity contribution in [2.24, 2.45) is 5.92 Å². The second kappa shape index (κ2) is 9.84. The standard InChI is InChI=1S/C24H27N5O3S/c30-22-7-2-10-29(22)19-5-1-4-17(14-19)15-25-24(31)18-8-11-28(12-9-18)16-21-26-23(27-32-21)20-6-3-13-33-20/h1,3-6,13-14,18H,2,7-12,15-16H2,(H,25,31). The summed E-state index contributed by atoms with van der Waals surface area (Å²) >= 11 is 1.59. The number of piperidine rings is 1. The predicted octanol–water partition coefficient (Wildman–Crippen LogP) is 3.45. The lowest BCUT2D eigenvalue weighted by Crippen LogP contribution is -2.40. The maximum absolute atomic E-state index is 12.7. The number of hydrogen-bond donors (Lipinski definition) is 1. The summed E-state index contributed by atoms with van der Waals surface area (Å²) in [5.74, 6) is 1.51. The zero-order valence-corrected chi connectivity index (χ0v) is 19.2. The van der Waals surface area contributed by atoms with Crippen molar-refractivity contribution in [3.8, 4) is 10.7 Å². The van der Waals surface area contributed by atoms with Crippen molar-refractivity contribution in [1.82, 2.24) is 20.4 Å². The van der Waals surface area contributed by atoms with E-state index in [1.165, 1.54) is 0 Å². The minimum Gasteiger partial charge on any atom is -0.352 e. The highest BCUT2D eigenvalue weighted by molar-refractivity contribution is 7.13. The molecule has 0 radical (unpaired) electrons. The van der Waals surface area contributed by atoms with Crippen LogP contribution in [0, 0.1) is 5.92 Å². The average Bonchev–Trinajstić information content (AvgIpc) is 3.60. The van der Waals surface area contributed by atoms with Crippen LogP contribution in [-0.4, -0.2) is 46.5 Å². The van der Waals surface area contributed by atoms with Gasteiger partial charge in [-0.05, 0) is 61.5 Å². The van der Waals surface area contributed by atoms with Crippen LogP contribution in [0.1, 0.15) is 37.1 Å². The lowest BCUT2D eigenvalue weighted by Gasteiger charge is -2.30. The SMILES string of the molecule is O=C(NCc1cccc(N2CCCC2=O)c1)C1CCN(Cc2nc(-c3cccs3)no2)CC1. The van der Waals surface area contributed by atoms with Gasteiger partial charge in [-0.25, -0.2) is 0 Å². The highest BCUT2D eigenvalue weighted by atomic mass is 32.1. The van der Waals surface area contributed by atoms with Gasteiger partial charge in [-0.1, -0.05) is 23.4 Å². The molecule has 5 rings (SSSR count). The molecule has 9 heteroatoms. The molecule has 2 fully saturated rings. The summed E-state index contributed by atoms with van der Waals surface area (Å²) in [5.41, 5.74) is 1.93. The number of benzene rings is 1. The van der Waals surface area contributed by atoms with Gasteiger partial charge < -0.3 is 14.7 Å². The van der Waals surface area contributed by atoms with Gasteiger partial charge in [0.25, 0.3) is 0 Å². The molecule has 2 saturated heterocycles. The third-order valence-electron chi connectivity index (χ3n) is 6.29. The maximum atomic E-state index is 12.7. The molecule has 4 heterocycles. The second-order valence-electron chi connectivity index (χ2n) is 8.58. The van der Waals surface area contributed by atoms with Gasteiger partial charge >= 0.3 is 0 Å². The third-order valence-corrected chi connectivity index (χ3v) is 7.16. The number of carbonyl (C=O) groups is 2. The van der Waals surface area contributed by atoms with Gasteiger partial charge in [-0.3, -0.25) is 14.5 Å². The number of anilines is 1. The Labute approximate surface area is 196 Å². The number of likely N-dealkylation sites (tertiary alicyclic amines) is 1.